The third-order valence-corrected chi connectivity index (χ3v) is 4.01. The van der Waals surface area contributed by atoms with E-state index in [9.17, 15) is 4.39 Å². The van der Waals surface area contributed by atoms with Crippen LogP contribution in [0.1, 0.15) is 37.8 Å². The largest absolute Gasteiger partial charge is 0.314 e. The van der Waals surface area contributed by atoms with Gasteiger partial charge in [-0.2, -0.15) is 0 Å². The minimum Gasteiger partial charge on any atom is -0.314 e. The Kier molecular flexibility index (Phi) is 5.55. The molecule has 20 heavy (non-hydrogen) atoms. The van der Waals surface area contributed by atoms with Crippen LogP contribution in [-0.4, -0.2) is 30.6 Å². The molecule has 1 N–H and O–H groups in total. The van der Waals surface area contributed by atoms with Crippen LogP contribution in [0.3, 0.4) is 0 Å². The lowest BCUT2D eigenvalue weighted by Gasteiger charge is -2.33. The number of benzene rings is 1. The van der Waals surface area contributed by atoms with E-state index in [2.05, 4.69) is 24.1 Å². The first-order chi connectivity index (χ1) is 9.54. The minimum atomic E-state index is -0.0713. The highest BCUT2D eigenvalue weighted by Gasteiger charge is 2.20. The van der Waals surface area contributed by atoms with Gasteiger partial charge in [0.25, 0.3) is 0 Å². The molecule has 3 heteroatoms. The van der Waals surface area contributed by atoms with Gasteiger partial charge in [-0.15, -0.1) is 0 Å². The van der Waals surface area contributed by atoms with Gasteiger partial charge in [-0.25, -0.2) is 4.39 Å². The highest BCUT2D eigenvalue weighted by molar-refractivity contribution is 5.24. The molecule has 2 nitrogen and oxygen atoms in total. The molecule has 0 aliphatic carbocycles. The van der Waals surface area contributed by atoms with E-state index in [0.717, 1.165) is 37.3 Å². The van der Waals surface area contributed by atoms with Crippen LogP contribution in [0.2, 0.25) is 0 Å². The zero-order valence-electron chi connectivity index (χ0n) is 13.0. The Balaban J connectivity index is 1.90. The molecule has 0 amide bonds. The van der Waals surface area contributed by atoms with Crippen molar-refractivity contribution in [1.29, 1.82) is 0 Å². The highest BCUT2D eigenvalue weighted by atomic mass is 19.1. The Morgan fingerprint density at radius 2 is 2.20 bits per heavy atom. The van der Waals surface area contributed by atoms with E-state index in [1.807, 2.05) is 19.1 Å². The smallest absolute Gasteiger partial charge is 0.127 e. The summed E-state index contributed by atoms with van der Waals surface area (Å²) in [5, 5.41) is 3.52. The van der Waals surface area contributed by atoms with Crippen LogP contribution < -0.4 is 5.32 Å². The molecule has 2 rings (SSSR count). The van der Waals surface area contributed by atoms with Crippen molar-refractivity contribution in [2.75, 3.05) is 19.6 Å². The normalized spacial score (nSPS) is 20.6. The molecular formula is C17H27FN2. The average molecular weight is 278 g/mol. The summed E-state index contributed by atoms with van der Waals surface area (Å²) < 4.78 is 13.8. The van der Waals surface area contributed by atoms with Gasteiger partial charge in [-0.05, 0) is 44.8 Å². The van der Waals surface area contributed by atoms with Gasteiger partial charge in [0.1, 0.15) is 5.82 Å². The Morgan fingerprint density at radius 1 is 1.40 bits per heavy atom. The van der Waals surface area contributed by atoms with Gasteiger partial charge in [-0.1, -0.05) is 31.5 Å². The molecule has 1 atom stereocenters. The van der Waals surface area contributed by atoms with Crippen molar-refractivity contribution in [3.63, 3.8) is 0 Å². The van der Waals surface area contributed by atoms with Crippen LogP contribution >= 0.6 is 0 Å². The third-order valence-electron chi connectivity index (χ3n) is 4.01. The fourth-order valence-corrected chi connectivity index (χ4v) is 2.93. The summed E-state index contributed by atoms with van der Waals surface area (Å²) in [6.07, 6.45) is 2.50. The fraction of sp³-hybridized carbons (Fsp3) is 0.647. The lowest BCUT2D eigenvalue weighted by Crippen LogP contribution is -2.40. The lowest BCUT2D eigenvalue weighted by molar-refractivity contribution is 0.162. The predicted molar refractivity (Wildman–Crippen MR) is 82.3 cm³/mol. The zero-order valence-corrected chi connectivity index (χ0v) is 13.0. The van der Waals surface area contributed by atoms with E-state index in [-0.39, 0.29) is 5.82 Å². The van der Waals surface area contributed by atoms with Crippen LogP contribution in [0.25, 0.3) is 0 Å². The number of nitrogens with zero attached hydrogens (tertiary/aromatic N) is 1. The van der Waals surface area contributed by atoms with E-state index >= 15 is 0 Å². The van der Waals surface area contributed by atoms with Crippen LogP contribution in [-0.2, 0) is 6.54 Å². The van der Waals surface area contributed by atoms with E-state index in [1.165, 1.54) is 12.8 Å². The van der Waals surface area contributed by atoms with Gasteiger partial charge in [0, 0.05) is 24.7 Å². The van der Waals surface area contributed by atoms with Gasteiger partial charge in [-0.3, -0.25) is 4.90 Å². The van der Waals surface area contributed by atoms with E-state index in [4.69, 9.17) is 0 Å². The number of nitrogens with one attached hydrogen (secondary N) is 1. The first kappa shape index (κ1) is 15.5. The fourth-order valence-electron chi connectivity index (χ4n) is 2.93. The maximum absolute atomic E-state index is 13.8. The quantitative estimate of drug-likeness (QED) is 0.888. The number of piperidine rings is 1. The van der Waals surface area contributed by atoms with E-state index in [1.54, 1.807) is 6.07 Å². The maximum atomic E-state index is 13.8. The van der Waals surface area contributed by atoms with Crippen LogP contribution in [0.4, 0.5) is 4.39 Å². The second-order valence-electron chi connectivity index (χ2n) is 6.40. The Labute approximate surface area is 122 Å². The molecule has 0 spiro atoms. The summed E-state index contributed by atoms with van der Waals surface area (Å²) >= 11 is 0. The van der Waals surface area contributed by atoms with E-state index < -0.39 is 0 Å². The van der Waals surface area contributed by atoms with Crippen molar-refractivity contribution in [2.45, 2.75) is 46.2 Å². The SMILES string of the molecule is Cc1ccc(F)c(CN2CCCC(CNC(C)C)C2)c1. The van der Waals surface area contributed by atoms with Crippen LogP contribution in [0.5, 0.6) is 0 Å². The predicted octanol–water partition coefficient (Wildman–Crippen LogP) is 3.34. The Bertz CT molecular complexity index is 431. The third kappa shape index (κ3) is 4.57. The topological polar surface area (TPSA) is 15.3 Å². The molecule has 1 saturated heterocycles. The van der Waals surface area contributed by atoms with Crippen LogP contribution in [0, 0.1) is 18.7 Å². The lowest BCUT2D eigenvalue weighted by atomic mass is 9.97. The molecule has 112 valence electrons. The molecule has 1 aliphatic heterocycles. The summed E-state index contributed by atoms with van der Waals surface area (Å²) in [5.41, 5.74) is 1.97. The Hall–Kier alpha value is -0.930. The number of hydrogen-bond acceptors (Lipinski definition) is 2. The molecule has 1 heterocycles. The molecule has 0 saturated carbocycles. The van der Waals surface area contributed by atoms with Gasteiger partial charge >= 0.3 is 0 Å². The summed E-state index contributed by atoms with van der Waals surface area (Å²) in [4.78, 5) is 2.40. The van der Waals surface area contributed by atoms with Crippen molar-refractivity contribution >= 4 is 0 Å². The number of hydrogen-bond donors (Lipinski definition) is 1. The molecule has 0 radical (unpaired) electrons. The Morgan fingerprint density at radius 3 is 2.95 bits per heavy atom. The number of rotatable bonds is 5. The molecule has 1 aliphatic rings. The van der Waals surface area contributed by atoms with E-state index in [0.29, 0.717) is 12.0 Å². The average Bonchev–Trinajstić information content (AvgIpc) is 2.41. The number of halogens is 1. The highest BCUT2D eigenvalue weighted by Crippen LogP contribution is 2.20. The molecule has 0 aromatic heterocycles. The van der Waals surface area contributed by atoms with Gasteiger partial charge in [0.15, 0.2) is 0 Å². The second kappa shape index (κ2) is 7.19. The first-order valence-corrected chi connectivity index (χ1v) is 7.75. The van der Waals surface area contributed by atoms with Crippen molar-refractivity contribution < 1.29 is 4.39 Å². The molecule has 1 aromatic rings. The summed E-state index contributed by atoms with van der Waals surface area (Å²) in [6.45, 7) is 10.4. The van der Waals surface area contributed by atoms with Crippen molar-refractivity contribution in [3.8, 4) is 0 Å². The minimum absolute atomic E-state index is 0.0713. The second-order valence-corrected chi connectivity index (χ2v) is 6.40. The molecule has 1 unspecified atom stereocenters. The first-order valence-electron chi connectivity index (χ1n) is 7.75. The molecular weight excluding hydrogens is 251 g/mol. The standard InChI is InChI=1S/C17H27FN2/c1-13(2)19-10-15-5-4-8-20(11-15)12-16-9-14(3)6-7-17(16)18/h6-7,9,13,15,19H,4-5,8,10-12H2,1-3H3. The molecule has 1 fully saturated rings. The van der Waals surface area contributed by atoms with Crippen molar-refractivity contribution in [2.24, 2.45) is 5.92 Å². The summed E-state index contributed by atoms with van der Waals surface area (Å²) in [5.74, 6) is 0.622. The molecule has 0 bridgehead atoms. The number of likely N-dealkylation sites (tertiary alicyclic amines) is 1. The van der Waals surface area contributed by atoms with Gasteiger partial charge < -0.3 is 5.32 Å². The van der Waals surface area contributed by atoms with Gasteiger partial charge in [0.2, 0.25) is 0 Å². The number of aryl methyl sites for hydroxylation is 1. The van der Waals surface area contributed by atoms with Gasteiger partial charge in [0.05, 0.1) is 0 Å². The zero-order chi connectivity index (χ0) is 14.5. The monoisotopic (exact) mass is 278 g/mol. The summed E-state index contributed by atoms with van der Waals surface area (Å²) in [6, 6.07) is 5.95. The van der Waals surface area contributed by atoms with Crippen LogP contribution in [0.15, 0.2) is 18.2 Å². The summed E-state index contributed by atoms with van der Waals surface area (Å²) in [7, 11) is 0. The molecule has 1 aromatic carbocycles. The van der Waals surface area contributed by atoms with Crippen molar-refractivity contribution in [1.82, 2.24) is 10.2 Å². The maximum Gasteiger partial charge on any atom is 0.127 e. The van der Waals surface area contributed by atoms with Crippen molar-refractivity contribution in [3.05, 3.63) is 35.1 Å².